The van der Waals surface area contributed by atoms with Gasteiger partial charge >= 0.3 is 5.97 Å². The SMILES string of the molecule is CCOC(=O)c1cc(C(=O)Nc2nc(-c3cc(F)ccc3F)cs2)cc([N+](=O)[O-])c1. The van der Waals surface area contributed by atoms with Crippen molar-refractivity contribution in [2.75, 3.05) is 11.9 Å². The van der Waals surface area contributed by atoms with Crippen molar-refractivity contribution < 1.29 is 28.0 Å². The fraction of sp³-hybridized carbons (Fsp3) is 0.105. The van der Waals surface area contributed by atoms with Crippen molar-refractivity contribution >= 4 is 34.0 Å². The van der Waals surface area contributed by atoms with Crippen molar-refractivity contribution in [1.29, 1.82) is 0 Å². The Morgan fingerprint density at radius 3 is 2.63 bits per heavy atom. The van der Waals surface area contributed by atoms with Crippen molar-refractivity contribution in [3.8, 4) is 11.3 Å². The van der Waals surface area contributed by atoms with E-state index < -0.39 is 34.1 Å². The summed E-state index contributed by atoms with van der Waals surface area (Å²) in [6.45, 7) is 1.63. The molecule has 11 heteroatoms. The van der Waals surface area contributed by atoms with Crippen LogP contribution in [0.4, 0.5) is 19.6 Å². The molecule has 1 heterocycles. The van der Waals surface area contributed by atoms with Crippen molar-refractivity contribution in [3.63, 3.8) is 0 Å². The number of carbonyl (C=O) groups is 2. The molecule has 0 saturated heterocycles. The maximum atomic E-state index is 13.9. The molecule has 154 valence electrons. The van der Waals surface area contributed by atoms with Gasteiger partial charge in [-0.1, -0.05) is 0 Å². The summed E-state index contributed by atoms with van der Waals surface area (Å²) in [5, 5.41) is 15.0. The van der Waals surface area contributed by atoms with Crippen LogP contribution in [-0.2, 0) is 4.74 Å². The Morgan fingerprint density at radius 2 is 1.93 bits per heavy atom. The molecule has 0 fully saturated rings. The standard InChI is InChI=1S/C19H13F2N3O5S/c1-2-29-18(26)11-5-10(6-13(7-11)24(27)28)17(25)23-19-22-16(9-30-19)14-8-12(20)3-4-15(14)21/h3-9H,2H2,1H3,(H,22,23,25). The minimum absolute atomic E-state index is 0.0571. The topological polar surface area (TPSA) is 111 Å². The van der Waals surface area contributed by atoms with Gasteiger partial charge in [-0.25, -0.2) is 18.6 Å². The quantitative estimate of drug-likeness (QED) is 0.350. The fourth-order valence-electron chi connectivity index (χ4n) is 2.50. The molecule has 0 aliphatic rings. The Hall–Kier alpha value is -3.73. The minimum atomic E-state index is -0.812. The number of amides is 1. The highest BCUT2D eigenvalue weighted by atomic mass is 32.1. The maximum absolute atomic E-state index is 13.9. The molecular formula is C19H13F2N3O5S. The van der Waals surface area contributed by atoms with Gasteiger partial charge in [0.05, 0.1) is 22.8 Å². The molecule has 0 spiro atoms. The number of rotatable bonds is 6. The van der Waals surface area contributed by atoms with Crippen LogP contribution in [-0.4, -0.2) is 28.4 Å². The Labute approximate surface area is 172 Å². The Bertz CT molecular complexity index is 1150. The fourth-order valence-corrected chi connectivity index (χ4v) is 3.20. The van der Waals surface area contributed by atoms with Gasteiger partial charge in [-0.3, -0.25) is 20.2 Å². The van der Waals surface area contributed by atoms with Gasteiger partial charge in [-0.05, 0) is 31.2 Å². The number of nitro benzene ring substituents is 1. The number of thiazole rings is 1. The summed E-state index contributed by atoms with van der Waals surface area (Å²) in [5.74, 6) is -2.91. The van der Waals surface area contributed by atoms with E-state index in [-0.39, 0.29) is 34.1 Å². The van der Waals surface area contributed by atoms with Gasteiger partial charge < -0.3 is 4.74 Å². The minimum Gasteiger partial charge on any atom is -0.462 e. The number of nitrogens with zero attached hydrogens (tertiary/aromatic N) is 2. The lowest BCUT2D eigenvalue weighted by atomic mass is 10.1. The number of non-ortho nitro benzene ring substituents is 1. The summed E-state index contributed by atoms with van der Waals surface area (Å²) in [5.41, 5.74) is -0.753. The number of aromatic nitrogens is 1. The van der Waals surface area contributed by atoms with Gasteiger partial charge in [0.2, 0.25) is 0 Å². The Kier molecular flexibility index (Phi) is 6.11. The Balaban J connectivity index is 1.87. The van der Waals surface area contributed by atoms with Crippen molar-refractivity contribution in [2.45, 2.75) is 6.92 Å². The number of ether oxygens (including phenoxy) is 1. The van der Waals surface area contributed by atoms with Crippen molar-refractivity contribution in [1.82, 2.24) is 4.98 Å². The molecule has 0 unspecified atom stereocenters. The number of esters is 1. The number of nitro groups is 1. The monoisotopic (exact) mass is 433 g/mol. The van der Waals surface area contributed by atoms with Crippen LogP contribution in [0, 0.1) is 21.7 Å². The van der Waals surface area contributed by atoms with E-state index in [1.54, 1.807) is 6.92 Å². The first kappa shape index (κ1) is 21.0. The van der Waals surface area contributed by atoms with E-state index in [2.05, 4.69) is 10.3 Å². The number of benzene rings is 2. The summed E-state index contributed by atoms with van der Waals surface area (Å²) in [4.78, 5) is 38.9. The van der Waals surface area contributed by atoms with Gasteiger partial charge in [0.25, 0.3) is 11.6 Å². The second-order valence-corrected chi connectivity index (χ2v) is 6.72. The first-order valence-corrected chi connectivity index (χ1v) is 9.35. The normalized spacial score (nSPS) is 10.5. The number of hydrogen-bond acceptors (Lipinski definition) is 7. The van der Waals surface area contributed by atoms with Crippen LogP contribution in [0.25, 0.3) is 11.3 Å². The molecule has 30 heavy (non-hydrogen) atoms. The zero-order valence-electron chi connectivity index (χ0n) is 15.3. The van der Waals surface area contributed by atoms with Crippen LogP contribution >= 0.6 is 11.3 Å². The molecule has 0 radical (unpaired) electrons. The molecular weight excluding hydrogens is 420 g/mol. The van der Waals surface area contributed by atoms with Gasteiger partial charge in [0, 0.05) is 28.6 Å². The van der Waals surface area contributed by atoms with E-state index in [4.69, 9.17) is 4.74 Å². The highest BCUT2D eigenvalue weighted by Crippen LogP contribution is 2.28. The molecule has 0 atom stereocenters. The lowest BCUT2D eigenvalue weighted by Crippen LogP contribution is -2.14. The molecule has 0 bridgehead atoms. The molecule has 1 N–H and O–H groups in total. The van der Waals surface area contributed by atoms with E-state index in [1.165, 1.54) is 5.38 Å². The van der Waals surface area contributed by atoms with Crippen LogP contribution in [0.1, 0.15) is 27.6 Å². The van der Waals surface area contributed by atoms with E-state index in [9.17, 15) is 28.5 Å². The van der Waals surface area contributed by atoms with Crippen LogP contribution in [0.5, 0.6) is 0 Å². The van der Waals surface area contributed by atoms with Crippen molar-refractivity contribution in [3.05, 3.63) is 74.7 Å². The first-order valence-electron chi connectivity index (χ1n) is 8.47. The smallest absolute Gasteiger partial charge is 0.338 e. The van der Waals surface area contributed by atoms with Gasteiger partial charge in [-0.15, -0.1) is 11.3 Å². The summed E-state index contributed by atoms with van der Waals surface area (Å²) in [6.07, 6.45) is 0. The van der Waals surface area contributed by atoms with E-state index in [0.29, 0.717) is 0 Å². The average molecular weight is 433 g/mol. The molecule has 0 aliphatic heterocycles. The number of anilines is 1. The average Bonchev–Trinajstić information content (AvgIpc) is 3.17. The highest BCUT2D eigenvalue weighted by Gasteiger charge is 2.20. The lowest BCUT2D eigenvalue weighted by Gasteiger charge is -2.06. The van der Waals surface area contributed by atoms with Gasteiger partial charge in [-0.2, -0.15) is 0 Å². The predicted molar refractivity (Wildman–Crippen MR) is 104 cm³/mol. The third-order valence-corrected chi connectivity index (χ3v) is 4.59. The third-order valence-electron chi connectivity index (χ3n) is 3.83. The van der Waals surface area contributed by atoms with Crippen molar-refractivity contribution in [2.24, 2.45) is 0 Å². The van der Waals surface area contributed by atoms with Crippen LogP contribution in [0.2, 0.25) is 0 Å². The lowest BCUT2D eigenvalue weighted by molar-refractivity contribution is -0.384. The van der Waals surface area contributed by atoms with E-state index in [1.807, 2.05) is 0 Å². The largest absolute Gasteiger partial charge is 0.462 e. The zero-order valence-corrected chi connectivity index (χ0v) is 16.2. The van der Waals surface area contributed by atoms with Crippen LogP contribution < -0.4 is 5.32 Å². The molecule has 8 nitrogen and oxygen atoms in total. The Morgan fingerprint density at radius 1 is 1.20 bits per heavy atom. The summed E-state index contributed by atoms with van der Waals surface area (Å²) < 4.78 is 32.1. The third kappa shape index (κ3) is 4.63. The number of hydrogen-bond donors (Lipinski definition) is 1. The number of nitrogens with one attached hydrogen (secondary N) is 1. The molecule has 0 saturated carbocycles. The second-order valence-electron chi connectivity index (χ2n) is 5.86. The summed E-state index contributed by atoms with van der Waals surface area (Å²) in [7, 11) is 0. The predicted octanol–water partition coefficient (Wildman–Crippen LogP) is 4.43. The van der Waals surface area contributed by atoms with E-state index >= 15 is 0 Å². The van der Waals surface area contributed by atoms with Crippen LogP contribution in [0.3, 0.4) is 0 Å². The van der Waals surface area contributed by atoms with Gasteiger partial charge in [0.15, 0.2) is 5.13 Å². The maximum Gasteiger partial charge on any atom is 0.338 e. The number of halogens is 2. The second kappa shape index (κ2) is 8.74. The van der Waals surface area contributed by atoms with E-state index in [0.717, 1.165) is 47.7 Å². The van der Waals surface area contributed by atoms with Crippen LogP contribution in [0.15, 0.2) is 41.8 Å². The molecule has 1 aromatic heterocycles. The molecule has 3 rings (SSSR count). The summed E-state index contributed by atoms with van der Waals surface area (Å²) >= 11 is 0.953. The highest BCUT2D eigenvalue weighted by molar-refractivity contribution is 7.14. The zero-order chi connectivity index (χ0) is 21.8. The first-order chi connectivity index (χ1) is 14.3. The molecule has 2 aromatic carbocycles. The molecule has 1 amide bonds. The molecule has 0 aliphatic carbocycles. The summed E-state index contributed by atoms with van der Waals surface area (Å²) in [6, 6.07) is 6.06. The number of carbonyl (C=O) groups excluding carboxylic acids is 2. The van der Waals surface area contributed by atoms with Gasteiger partial charge in [0.1, 0.15) is 11.6 Å². The molecule has 3 aromatic rings.